The Morgan fingerprint density at radius 1 is 1.50 bits per heavy atom. The summed E-state index contributed by atoms with van der Waals surface area (Å²) >= 11 is 0. The zero-order valence-electron chi connectivity index (χ0n) is 11.0. The van der Waals surface area contributed by atoms with Gasteiger partial charge in [0.15, 0.2) is 5.96 Å². The number of benzene rings is 1. The monoisotopic (exact) mass is 247 g/mol. The number of nitrogens with one attached hydrogen (secondary N) is 1. The fraction of sp³-hybridized carbons (Fsp3) is 0.357. The van der Waals surface area contributed by atoms with Gasteiger partial charge in [-0.3, -0.25) is 0 Å². The first-order valence-electron chi connectivity index (χ1n) is 6.00. The molecule has 0 spiro atoms. The van der Waals surface area contributed by atoms with E-state index in [0.717, 1.165) is 5.75 Å². The van der Waals surface area contributed by atoms with Gasteiger partial charge in [0, 0.05) is 6.54 Å². The molecule has 0 fully saturated rings. The Morgan fingerprint density at radius 2 is 2.17 bits per heavy atom. The van der Waals surface area contributed by atoms with Gasteiger partial charge in [-0.05, 0) is 26.0 Å². The Balaban J connectivity index is 2.39. The molecular weight excluding hydrogens is 226 g/mol. The lowest BCUT2D eigenvalue weighted by atomic mass is 10.2. The van der Waals surface area contributed by atoms with Gasteiger partial charge in [-0.2, -0.15) is 0 Å². The van der Waals surface area contributed by atoms with Gasteiger partial charge >= 0.3 is 0 Å². The first-order valence-corrected chi connectivity index (χ1v) is 6.00. The van der Waals surface area contributed by atoms with Gasteiger partial charge in [-0.15, -0.1) is 6.58 Å². The minimum Gasteiger partial charge on any atom is -0.489 e. The Bertz CT molecular complexity index is 398. The van der Waals surface area contributed by atoms with Gasteiger partial charge in [0.05, 0.1) is 6.54 Å². The zero-order chi connectivity index (χ0) is 13.4. The second kappa shape index (κ2) is 7.37. The molecule has 1 aromatic carbocycles. The van der Waals surface area contributed by atoms with Gasteiger partial charge in [0.1, 0.15) is 11.9 Å². The highest BCUT2D eigenvalue weighted by Crippen LogP contribution is 2.13. The van der Waals surface area contributed by atoms with Gasteiger partial charge in [-0.25, -0.2) is 4.99 Å². The molecule has 0 aromatic heterocycles. The van der Waals surface area contributed by atoms with Crippen molar-refractivity contribution in [2.75, 3.05) is 13.1 Å². The van der Waals surface area contributed by atoms with Crippen molar-refractivity contribution in [2.24, 2.45) is 10.7 Å². The average molecular weight is 247 g/mol. The molecule has 0 aliphatic heterocycles. The van der Waals surface area contributed by atoms with E-state index in [4.69, 9.17) is 10.5 Å². The molecule has 4 nitrogen and oxygen atoms in total. The van der Waals surface area contributed by atoms with Crippen LogP contribution >= 0.6 is 0 Å². The summed E-state index contributed by atoms with van der Waals surface area (Å²) in [6.07, 6.45) is 1.71. The van der Waals surface area contributed by atoms with Gasteiger partial charge in [0.25, 0.3) is 0 Å². The molecule has 0 heterocycles. The summed E-state index contributed by atoms with van der Waals surface area (Å²) in [5, 5.41) is 2.91. The number of nitrogens with zero attached hydrogens (tertiary/aromatic N) is 1. The third kappa shape index (κ3) is 5.39. The fourth-order valence-electron chi connectivity index (χ4n) is 1.35. The van der Waals surface area contributed by atoms with Gasteiger partial charge in [0.2, 0.25) is 0 Å². The topological polar surface area (TPSA) is 59.6 Å². The van der Waals surface area contributed by atoms with E-state index < -0.39 is 0 Å². The summed E-state index contributed by atoms with van der Waals surface area (Å²) in [4.78, 5) is 4.19. The zero-order valence-corrected chi connectivity index (χ0v) is 11.0. The number of rotatable bonds is 6. The summed E-state index contributed by atoms with van der Waals surface area (Å²) in [5.74, 6) is 1.26. The second-order valence-corrected chi connectivity index (χ2v) is 4.14. The van der Waals surface area contributed by atoms with Crippen molar-refractivity contribution in [1.82, 2.24) is 5.32 Å². The maximum Gasteiger partial charge on any atom is 0.188 e. The van der Waals surface area contributed by atoms with Crippen molar-refractivity contribution in [3.8, 4) is 5.75 Å². The lowest BCUT2D eigenvalue weighted by molar-refractivity contribution is 0.230. The lowest BCUT2D eigenvalue weighted by Gasteiger charge is -2.13. The Kier molecular flexibility index (Phi) is 5.77. The fourth-order valence-corrected chi connectivity index (χ4v) is 1.35. The van der Waals surface area contributed by atoms with Gasteiger partial charge in [-0.1, -0.05) is 23.8 Å². The van der Waals surface area contributed by atoms with Crippen LogP contribution in [0.4, 0.5) is 0 Å². The van der Waals surface area contributed by atoms with Crippen molar-refractivity contribution in [3.63, 3.8) is 0 Å². The molecule has 0 radical (unpaired) electrons. The van der Waals surface area contributed by atoms with Crippen LogP contribution in [0, 0.1) is 6.92 Å². The number of hydrogen-bond acceptors (Lipinski definition) is 2. The van der Waals surface area contributed by atoms with Crippen molar-refractivity contribution in [2.45, 2.75) is 20.0 Å². The molecule has 1 aromatic rings. The van der Waals surface area contributed by atoms with Crippen molar-refractivity contribution < 1.29 is 4.74 Å². The number of aliphatic imine (C=N–C) groups is 1. The number of ether oxygens (including phenoxy) is 1. The number of guanidine groups is 1. The molecule has 1 rings (SSSR count). The van der Waals surface area contributed by atoms with Crippen LogP contribution < -0.4 is 15.8 Å². The van der Waals surface area contributed by atoms with Crippen LogP contribution in [0.5, 0.6) is 5.75 Å². The summed E-state index contributed by atoms with van der Waals surface area (Å²) in [6.45, 7) is 8.73. The van der Waals surface area contributed by atoms with Crippen LogP contribution in [-0.4, -0.2) is 25.2 Å². The highest BCUT2D eigenvalue weighted by atomic mass is 16.5. The Labute approximate surface area is 109 Å². The quantitative estimate of drug-likeness (QED) is 0.458. The summed E-state index contributed by atoms with van der Waals surface area (Å²) in [7, 11) is 0. The minimum absolute atomic E-state index is 0.0169. The van der Waals surface area contributed by atoms with Crippen LogP contribution in [0.3, 0.4) is 0 Å². The smallest absolute Gasteiger partial charge is 0.188 e. The van der Waals surface area contributed by atoms with E-state index in [1.54, 1.807) is 6.08 Å². The summed E-state index contributed by atoms with van der Waals surface area (Å²) in [6, 6.07) is 7.94. The van der Waals surface area contributed by atoms with Crippen LogP contribution in [0.15, 0.2) is 41.9 Å². The molecule has 1 atom stereocenters. The van der Waals surface area contributed by atoms with Crippen LogP contribution in [-0.2, 0) is 0 Å². The van der Waals surface area contributed by atoms with E-state index in [1.165, 1.54) is 5.56 Å². The number of hydrogen-bond donors (Lipinski definition) is 2. The number of aryl methyl sites for hydroxylation is 1. The Morgan fingerprint density at radius 3 is 2.78 bits per heavy atom. The van der Waals surface area contributed by atoms with E-state index in [9.17, 15) is 0 Å². The van der Waals surface area contributed by atoms with Crippen LogP contribution in [0.1, 0.15) is 12.5 Å². The van der Waals surface area contributed by atoms with Crippen molar-refractivity contribution >= 4 is 5.96 Å². The average Bonchev–Trinajstić information content (AvgIpc) is 2.36. The third-order valence-corrected chi connectivity index (χ3v) is 2.30. The largest absolute Gasteiger partial charge is 0.489 e. The molecule has 0 aliphatic rings. The van der Waals surface area contributed by atoms with E-state index in [-0.39, 0.29) is 6.10 Å². The number of nitrogens with two attached hydrogens (primary N) is 1. The lowest BCUT2D eigenvalue weighted by Crippen LogP contribution is -2.32. The van der Waals surface area contributed by atoms with Crippen molar-refractivity contribution in [1.29, 1.82) is 0 Å². The van der Waals surface area contributed by atoms with E-state index in [0.29, 0.717) is 19.0 Å². The summed E-state index contributed by atoms with van der Waals surface area (Å²) in [5.41, 5.74) is 6.87. The molecule has 0 amide bonds. The predicted octanol–water partition coefficient (Wildman–Crippen LogP) is 1.85. The SMILES string of the molecule is C=CCNC(N)=NCC(C)Oc1ccc(C)cc1. The molecule has 98 valence electrons. The van der Waals surface area contributed by atoms with Crippen molar-refractivity contribution in [3.05, 3.63) is 42.5 Å². The minimum atomic E-state index is -0.0169. The van der Waals surface area contributed by atoms with E-state index in [2.05, 4.69) is 16.9 Å². The molecule has 18 heavy (non-hydrogen) atoms. The molecule has 4 heteroatoms. The second-order valence-electron chi connectivity index (χ2n) is 4.14. The van der Waals surface area contributed by atoms with E-state index >= 15 is 0 Å². The van der Waals surface area contributed by atoms with Crippen LogP contribution in [0.25, 0.3) is 0 Å². The standard InChI is InChI=1S/C14H21N3O/c1-4-9-16-14(15)17-10-12(3)18-13-7-5-11(2)6-8-13/h4-8,12H,1,9-10H2,2-3H3,(H3,15,16,17). The molecule has 0 bridgehead atoms. The molecule has 0 aliphatic carbocycles. The molecule has 0 saturated carbocycles. The first-order chi connectivity index (χ1) is 8.61. The first kappa shape index (κ1) is 14.1. The molecule has 1 unspecified atom stereocenters. The van der Waals surface area contributed by atoms with Gasteiger partial charge < -0.3 is 15.8 Å². The highest BCUT2D eigenvalue weighted by molar-refractivity contribution is 5.77. The Hall–Kier alpha value is -1.97. The normalized spacial score (nSPS) is 12.9. The maximum atomic E-state index is 5.71. The molecule has 0 saturated heterocycles. The summed E-state index contributed by atoms with van der Waals surface area (Å²) < 4.78 is 5.71. The molecule has 3 N–H and O–H groups in total. The highest BCUT2D eigenvalue weighted by Gasteiger charge is 2.03. The predicted molar refractivity (Wildman–Crippen MR) is 76.0 cm³/mol. The van der Waals surface area contributed by atoms with E-state index in [1.807, 2.05) is 38.1 Å². The molecular formula is C14H21N3O. The maximum absolute atomic E-state index is 5.71. The van der Waals surface area contributed by atoms with Crippen LogP contribution in [0.2, 0.25) is 0 Å². The third-order valence-electron chi connectivity index (χ3n) is 2.30.